The van der Waals surface area contributed by atoms with Crippen LogP contribution in [0.25, 0.3) is 10.2 Å². The fourth-order valence-corrected chi connectivity index (χ4v) is 4.54. The molecule has 0 saturated carbocycles. The molecule has 4 rings (SSSR count). The number of carbonyl (C=O) groups excluding carboxylic acids is 1. The number of halogens is 2. The van der Waals surface area contributed by atoms with Crippen LogP contribution >= 0.6 is 22.9 Å². The molecule has 1 aliphatic heterocycles. The standard InChI is InChI=1S/C21H20ClFN2O4S/c1-27-17-9-8-16(22)20-19(17)24-21(30-20)25(11-15-3-2-10-28-15)18(26)12-29-14-6-4-13(23)5-7-14/h4-9,15H,2-3,10-12H2,1H3. The predicted octanol–water partition coefficient (Wildman–Crippen LogP) is 4.69. The number of hydrogen-bond donors (Lipinski definition) is 0. The van der Waals surface area contributed by atoms with Gasteiger partial charge in [0.25, 0.3) is 5.91 Å². The molecule has 158 valence electrons. The molecular weight excluding hydrogens is 431 g/mol. The maximum atomic E-state index is 13.1. The fourth-order valence-electron chi connectivity index (χ4n) is 3.25. The first-order valence-corrected chi connectivity index (χ1v) is 10.7. The zero-order valence-corrected chi connectivity index (χ0v) is 17.8. The van der Waals surface area contributed by atoms with Gasteiger partial charge in [0.05, 0.1) is 29.5 Å². The molecule has 0 radical (unpaired) electrons. The average molecular weight is 451 g/mol. The second-order valence-electron chi connectivity index (χ2n) is 6.81. The molecule has 2 aromatic carbocycles. The van der Waals surface area contributed by atoms with Crippen LogP contribution in [0.3, 0.4) is 0 Å². The van der Waals surface area contributed by atoms with Gasteiger partial charge in [-0.15, -0.1) is 0 Å². The Kier molecular flexibility index (Phi) is 6.36. The number of thiazole rings is 1. The summed E-state index contributed by atoms with van der Waals surface area (Å²) in [6.07, 6.45) is 1.76. The van der Waals surface area contributed by atoms with Crippen molar-refractivity contribution >= 4 is 44.2 Å². The van der Waals surface area contributed by atoms with Crippen molar-refractivity contribution in [2.24, 2.45) is 0 Å². The number of ether oxygens (including phenoxy) is 3. The summed E-state index contributed by atoms with van der Waals surface area (Å²) in [4.78, 5) is 19.3. The SMILES string of the molecule is COc1ccc(Cl)c2sc(N(CC3CCCO3)C(=O)COc3ccc(F)cc3)nc12. The second kappa shape index (κ2) is 9.16. The highest BCUT2D eigenvalue weighted by Crippen LogP contribution is 2.39. The molecule has 0 N–H and O–H groups in total. The number of benzene rings is 2. The summed E-state index contributed by atoms with van der Waals surface area (Å²) in [5, 5.41) is 1.04. The number of rotatable bonds is 7. The molecule has 1 aromatic heterocycles. The number of hydrogen-bond acceptors (Lipinski definition) is 6. The Morgan fingerprint density at radius 1 is 1.33 bits per heavy atom. The zero-order chi connectivity index (χ0) is 21.1. The Morgan fingerprint density at radius 2 is 2.13 bits per heavy atom. The first-order valence-electron chi connectivity index (χ1n) is 9.48. The monoisotopic (exact) mass is 450 g/mol. The Bertz CT molecular complexity index is 1040. The van der Waals surface area contributed by atoms with Crippen LogP contribution in [0.1, 0.15) is 12.8 Å². The maximum absolute atomic E-state index is 13.1. The van der Waals surface area contributed by atoms with E-state index in [0.29, 0.717) is 40.3 Å². The van der Waals surface area contributed by atoms with E-state index in [9.17, 15) is 9.18 Å². The number of nitrogens with zero attached hydrogens (tertiary/aromatic N) is 2. The minimum atomic E-state index is -0.367. The van der Waals surface area contributed by atoms with Crippen molar-refractivity contribution in [3.05, 3.63) is 47.2 Å². The van der Waals surface area contributed by atoms with E-state index < -0.39 is 0 Å². The summed E-state index contributed by atoms with van der Waals surface area (Å²) >= 11 is 7.66. The van der Waals surface area contributed by atoms with E-state index in [-0.39, 0.29) is 24.4 Å². The van der Waals surface area contributed by atoms with Crippen LogP contribution in [-0.4, -0.2) is 43.9 Å². The van der Waals surface area contributed by atoms with Crippen molar-refractivity contribution in [3.8, 4) is 11.5 Å². The fraction of sp³-hybridized carbons (Fsp3) is 0.333. The number of carbonyl (C=O) groups is 1. The molecule has 0 bridgehead atoms. The lowest BCUT2D eigenvalue weighted by molar-refractivity contribution is -0.120. The van der Waals surface area contributed by atoms with E-state index in [1.54, 1.807) is 24.1 Å². The third-order valence-corrected chi connectivity index (χ3v) is 6.32. The van der Waals surface area contributed by atoms with Gasteiger partial charge in [0, 0.05) is 6.61 Å². The summed E-state index contributed by atoms with van der Waals surface area (Å²) in [7, 11) is 1.56. The van der Waals surface area contributed by atoms with Crippen molar-refractivity contribution < 1.29 is 23.4 Å². The van der Waals surface area contributed by atoms with Crippen molar-refractivity contribution in [2.75, 3.05) is 31.8 Å². The van der Waals surface area contributed by atoms with Crippen LogP contribution < -0.4 is 14.4 Å². The van der Waals surface area contributed by atoms with Gasteiger partial charge in [-0.05, 0) is 49.2 Å². The van der Waals surface area contributed by atoms with Crippen LogP contribution in [0.2, 0.25) is 5.02 Å². The quantitative estimate of drug-likeness (QED) is 0.522. The van der Waals surface area contributed by atoms with Crippen molar-refractivity contribution in [1.82, 2.24) is 4.98 Å². The summed E-state index contributed by atoms with van der Waals surface area (Å²) in [6, 6.07) is 9.02. The topological polar surface area (TPSA) is 60.9 Å². The van der Waals surface area contributed by atoms with E-state index in [1.165, 1.54) is 35.6 Å². The maximum Gasteiger partial charge on any atom is 0.266 e. The molecule has 1 amide bonds. The summed E-state index contributed by atoms with van der Waals surface area (Å²) < 4.78 is 30.5. The Morgan fingerprint density at radius 3 is 2.83 bits per heavy atom. The summed E-state index contributed by atoms with van der Waals surface area (Å²) in [6.45, 7) is 0.836. The Balaban J connectivity index is 1.60. The molecule has 6 nitrogen and oxygen atoms in total. The molecule has 1 unspecified atom stereocenters. The minimum Gasteiger partial charge on any atom is -0.494 e. The number of fused-ring (bicyclic) bond motifs is 1. The van der Waals surface area contributed by atoms with Gasteiger partial charge in [0.15, 0.2) is 11.7 Å². The molecule has 1 aliphatic rings. The predicted molar refractivity (Wildman–Crippen MR) is 114 cm³/mol. The van der Waals surface area contributed by atoms with Crippen molar-refractivity contribution in [3.63, 3.8) is 0 Å². The highest BCUT2D eigenvalue weighted by atomic mass is 35.5. The van der Waals surface area contributed by atoms with Crippen molar-refractivity contribution in [1.29, 1.82) is 0 Å². The van der Waals surface area contributed by atoms with Crippen molar-refractivity contribution in [2.45, 2.75) is 18.9 Å². The number of aromatic nitrogens is 1. The number of methoxy groups -OCH3 is 1. The van der Waals surface area contributed by atoms with Gasteiger partial charge in [-0.1, -0.05) is 22.9 Å². The number of anilines is 1. The average Bonchev–Trinajstić information content (AvgIpc) is 3.42. The molecule has 1 saturated heterocycles. The molecule has 1 atom stereocenters. The highest BCUT2D eigenvalue weighted by molar-refractivity contribution is 7.23. The molecule has 30 heavy (non-hydrogen) atoms. The smallest absolute Gasteiger partial charge is 0.266 e. The summed E-state index contributed by atoms with van der Waals surface area (Å²) in [5.74, 6) is 0.359. The third-order valence-electron chi connectivity index (χ3n) is 4.79. The molecule has 0 spiro atoms. The first-order chi connectivity index (χ1) is 14.5. The molecule has 3 aromatic rings. The summed E-state index contributed by atoms with van der Waals surface area (Å²) in [5.41, 5.74) is 0.606. The molecule has 9 heteroatoms. The number of amides is 1. The largest absolute Gasteiger partial charge is 0.494 e. The van der Waals surface area contributed by atoms with Gasteiger partial charge in [-0.2, -0.15) is 0 Å². The van der Waals surface area contributed by atoms with Gasteiger partial charge in [-0.25, -0.2) is 9.37 Å². The Labute approximate surface area is 182 Å². The van der Waals surface area contributed by atoms with E-state index >= 15 is 0 Å². The molecular formula is C21H20ClFN2O4S. The lowest BCUT2D eigenvalue weighted by Crippen LogP contribution is -2.40. The Hall–Kier alpha value is -2.42. The zero-order valence-electron chi connectivity index (χ0n) is 16.3. The van der Waals surface area contributed by atoms with Crippen LogP contribution in [-0.2, 0) is 9.53 Å². The van der Waals surface area contributed by atoms with Gasteiger partial charge < -0.3 is 14.2 Å². The van der Waals surface area contributed by atoms with Crippen LogP contribution in [0, 0.1) is 5.82 Å². The van der Waals surface area contributed by atoms with Crippen LogP contribution in [0.4, 0.5) is 9.52 Å². The minimum absolute atomic E-state index is 0.0656. The van der Waals surface area contributed by atoms with E-state index in [4.69, 9.17) is 25.8 Å². The van der Waals surface area contributed by atoms with Crippen LogP contribution in [0.5, 0.6) is 11.5 Å². The van der Waals surface area contributed by atoms with Gasteiger partial charge >= 0.3 is 0 Å². The molecule has 2 heterocycles. The van der Waals surface area contributed by atoms with Gasteiger partial charge in [-0.3, -0.25) is 9.69 Å². The highest BCUT2D eigenvalue weighted by Gasteiger charge is 2.27. The van der Waals surface area contributed by atoms with E-state index in [0.717, 1.165) is 17.5 Å². The first kappa shape index (κ1) is 20.8. The third kappa shape index (κ3) is 4.50. The van der Waals surface area contributed by atoms with Crippen LogP contribution in [0.15, 0.2) is 36.4 Å². The normalized spacial score (nSPS) is 16.0. The molecule has 0 aliphatic carbocycles. The van der Waals surface area contributed by atoms with Gasteiger partial charge in [0.2, 0.25) is 0 Å². The second-order valence-corrected chi connectivity index (χ2v) is 8.19. The molecule has 1 fully saturated rings. The van der Waals surface area contributed by atoms with E-state index in [2.05, 4.69) is 4.98 Å². The van der Waals surface area contributed by atoms with Gasteiger partial charge in [0.1, 0.15) is 22.8 Å². The lowest BCUT2D eigenvalue weighted by Gasteiger charge is -2.23. The lowest BCUT2D eigenvalue weighted by atomic mass is 10.2. The van der Waals surface area contributed by atoms with E-state index in [1.807, 2.05) is 0 Å².